The van der Waals surface area contributed by atoms with Crippen molar-refractivity contribution >= 4 is 11.4 Å². The van der Waals surface area contributed by atoms with Crippen LogP contribution >= 0.6 is 0 Å². The van der Waals surface area contributed by atoms with E-state index >= 15 is 0 Å². The lowest BCUT2D eigenvalue weighted by molar-refractivity contribution is -0.384. The smallest absolute Gasteiger partial charge is 0.309 e. The van der Waals surface area contributed by atoms with Crippen LogP contribution in [0.2, 0.25) is 0 Å². The van der Waals surface area contributed by atoms with Crippen molar-refractivity contribution in [2.75, 3.05) is 11.9 Å². The zero-order valence-corrected chi connectivity index (χ0v) is 12.8. The van der Waals surface area contributed by atoms with Crippen LogP contribution in [0.5, 0.6) is 0 Å². The molecule has 5 nitrogen and oxygen atoms in total. The first-order valence-corrected chi connectivity index (χ1v) is 7.47. The third kappa shape index (κ3) is 5.82. The van der Waals surface area contributed by atoms with Gasteiger partial charge in [0.25, 0.3) is 0 Å². The number of nitro benzene ring substituents is 1. The molecular weight excluding hydrogens is 266 g/mol. The second kappa shape index (κ2) is 8.96. The molecule has 0 saturated heterocycles. The number of rotatable bonds is 9. The maximum absolute atomic E-state index is 11.1. The maximum Gasteiger partial charge on any atom is 0.309 e. The Bertz CT molecular complexity index is 507. The minimum absolute atomic E-state index is 0.0990. The minimum atomic E-state index is -0.497. The van der Waals surface area contributed by atoms with Crippen molar-refractivity contribution in [3.05, 3.63) is 33.9 Å². The number of benzene rings is 1. The maximum atomic E-state index is 11.1. The number of hydrogen-bond acceptors (Lipinski definition) is 4. The lowest BCUT2D eigenvalue weighted by Gasteiger charge is -2.08. The largest absolute Gasteiger partial charge is 0.379 e. The molecule has 21 heavy (non-hydrogen) atoms. The summed E-state index contributed by atoms with van der Waals surface area (Å²) in [7, 11) is 0. The Hall–Kier alpha value is -2.09. The number of nitrogens with one attached hydrogen (secondary N) is 1. The Morgan fingerprint density at radius 2 is 2.00 bits per heavy atom. The summed E-state index contributed by atoms with van der Waals surface area (Å²) in [6, 6.07) is 6.65. The van der Waals surface area contributed by atoms with Gasteiger partial charge in [0.15, 0.2) is 0 Å². The van der Waals surface area contributed by atoms with Crippen molar-refractivity contribution in [1.82, 2.24) is 0 Å². The Morgan fingerprint density at radius 1 is 1.29 bits per heavy atom. The predicted molar refractivity (Wildman–Crippen MR) is 84.2 cm³/mol. The van der Waals surface area contributed by atoms with Crippen LogP contribution in [0.25, 0.3) is 0 Å². The van der Waals surface area contributed by atoms with Crippen molar-refractivity contribution in [2.45, 2.75) is 46.0 Å². The molecule has 0 aromatic heterocycles. The zero-order valence-electron chi connectivity index (χ0n) is 12.8. The Labute approximate surface area is 126 Å². The molecule has 114 valence electrons. The average molecular weight is 289 g/mol. The fourth-order valence-electron chi connectivity index (χ4n) is 2.23. The SMILES string of the molecule is CC(C)CCCCCCNc1cccc(C#N)c1[N+](=O)[O-]. The summed E-state index contributed by atoms with van der Waals surface area (Å²) in [5.74, 6) is 0.750. The molecule has 0 radical (unpaired) electrons. The molecule has 0 amide bonds. The van der Waals surface area contributed by atoms with Gasteiger partial charge < -0.3 is 5.32 Å². The molecule has 0 aliphatic heterocycles. The number of hydrogen-bond donors (Lipinski definition) is 1. The molecule has 1 aromatic rings. The van der Waals surface area contributed by atoms with Crippen LogP contribution < -0.4 is 5.32 Å². The molecule has 1 aromatic carbocycles. The highest BCUT2D eigenvalue weighted by molar-refractivity contribution is 5.68. The first-order chi connectivity index (χ1) is 10.1. The topological polar surface area (TPSA) is 79.0 Å². The van der Waals surface area contributed by atoms with Crippen LogP contribution in [-0.2, 0) is 0 Å². The number of para-hydroxylation sites is 1. The number of nitro groups is 1. The molecule has 5 heteroatoms. The summed E-state index contributed by atoms with van der Waals surface area (Å²) in [6.07, 6.45) is 5.78. The van der Waals surface area contributed by atoms with Crippen molar-refractivity contribution in [2.24, 2.45) is 5.92 Å². The summed E-state index contributed by atoms with van der Waals surface area (Å²) in [4.78, 5) is 10.6. The molecule has 1 N–H and O–H groups in total. The monoisotopic (exact) mass is 289 g/mol. The number of nitrogens with zero attached hydrogens (tertiary/aromatic N) is 2. The highest BCUT2D eigenvalue weighted by atomic mass is 16.6. The van der Waals surface area contributed by atoms with Gasteiger partial charge in [0.2, 0.25) is 0 Å². The van der Waals surface area contributed by atoms with Gasteiger partial charge in [0.1, 0.15) is 17.3 Å². The van der Waals surface area contributed by atoms with Crippen LogP contribution in [-0.4, -0.2) is 11.5 Å². The molecule has 0 bridgehead atoms. The van der Waals surface area contributed by atoms with Gasteiger partial charge in [-0.3, -0.25) is 10.1 Å². The molecule has 0 unspecified atom stereocenters. The van der Waals surface area contributed by atoms with Crippen molar-refractivity contribution in [3.63, 3.8) is 0 Å². The van der Waals surface area contributed by atoms with Gasteiger partial charge in [0, 0.05) is 6.54 Å². The van der Waals surface area contributed by atoms with Crippen LogP contribution in [0.1, 0.15) is 51.5 Å². The summed E-state index contributed by atoms with van der Waals surface area (Å²) < 4.78 is 0. The molecule has 1 rings (SSSR count). The molecule has 0 saturated carbocycles. The van der Waals surface area contributed by atoms with Gasteiger partial charge in [-0.25, -0.2) is 0 Å². The van der Waals surface area contributed by atoms with Crippen LogP contribution in [0.3, 0.4) is 0 Å². The molecule has 0 aliphatic carbocycles. The third-order valence-electron chi connectivity index (χ3n) is 3.36. The van der Waals surface area contributed by atoms with Crippen LogP contribution in [0, 0.1) is 27.4 Å². The van der Waals surface area contributed by atoms with Gasteiger partial charge >= 0.3 is 5.69 Å². The first-order valence-electron chi connectivity index (χ1n) is 7.47. The second-order valence-electron chi connectivity index (χ2n) is 5.59. The highest BCUT2D eigenvalue weighted by Gasteiger charge is 2.18. The first kappa shape index (κ1) is 17.0. The minimum Gasteiger partial charge on any atom is -0.379 e. The lowest BCUT2D eigenvalue weighted by atomic mass is 10.0. The summed E-state index contributed by atoms with van der Waals surface area (Å²) >= 11 is 0. The van der Waals surface area contributed by atoms with E-state index in [2.05, 4.69) is 19.2 Å². The average Bonchev–Trinajstić information content (AvgIpc) is 2.45. The predicted octanol–water partition coefficient (Wildman–Crippen LogP) is 4.48. The highest BCUT2D eigenvalue weighted by Crippen LogP contribution is 2.28. The normalized spacial score (nSPS) is 10.4. The quantitative estimate of drug-likeness (QED) is 0.413. The van der Waals surface area contributed by atoms with Crippen molar-refractivity contribution < 1.29 is 4.92 Å². The van der Waals surface area contributed by atoms with E-state index in [1.54, 1.807) is 12.1 Å². The van der Waals surface area contributed by atoms with E-state index in [0.717, 1.165) is 18.8 Å². The van der Waals surface area contributed by atoms with Crippen molar-refractivity contribution in [1.29, 1.82) is 5.26 Å². The Kier molecular flexibility index (Phi) is 7.24. The third-order valence-corrected chi connectivity index (χ3v) is 3.36. The van der Waals surface area contributed by atoms with Gasteiger partial charge in [-0.05, 0) is 24.5 Å². The van der Waals surface area contributed by atoms with E-state index < -0.39 is 4.92 Å². The Morgan fingerprint density at radius 3 is 2.62 bits per heavy atom. The summed E-state index contributed by atoms with van der Waals surface area (Å²) in [5, 5.41) is 23.1. The fraction of sp³-hybridized carbons (Fsp3) is 0.562. The van der Waals surface area contributed by atoms with Gasteiger partial charge in [-0.1, -0.05) is 45.6 Å². The van der Waals surface area contributed by atoms with Crippen molar-refractivity contribution in [3.8, 4) is 6.07 Å². The lowest BCUT2D eigenvalue weighted by Crippen LogP contribution is -2.05. The summed E-state index contributed by atoms with van der Waals surface area (Å²) in [6.45, 7) is 5.14. The van der Waals surface area contributed by atoms with E-state index in [0.29, 0.717) is 12.2 Å². The van der Waals surface area contributed by atoms with E-state index in [9.17, 15) is 10.1 Å². The molecule has 0 atom stereocenters. The molecule has 0 spiro atoms. The number of unbranched alkanes of at least 4 members (excludes halogenated alkanes) is 3. The molecule has 0 aliphatic rings. The van der Waals surface area contributed by atoms with Gasteiger partial charge in [-0.2, -0.15) is 5.26 Å². The number of nitriles is 1. The van der Waals surface area contributed by atoms with E-state index in [-0.39, 0.29) is 11.3 Å². The van der Waals surface area contributed by atoms with E-state index in [1.807, 2.05) is 6.07 Å². The molecular formula is C16H23N3O2. The number of anilines is 1. The molecule has 0 fully saturated rings. The fourth-order valence-corrected chi connectivity index (χ4v) is 2.23. The Balaban J connectivity index is 2.42. The van der Waals surface area contributed by atoms with Gasteiger partial charge in [0.05, 0.1) is 4.92 Å². The van der Waals surface area contributed by atoms with E-state index in [1.165, 1.54) is 25.3 Å². The summed E-state index contributed by atoms with van der Waals surface area (Å²) in [5.41, 5.74) is 0.406. The standard InChI is InChI=1S/C16H23N3O2/c1-13(2)8-5-3-4-6-11-18-15-10-7-9-14(12-17)16(15)19(20)21/h7,9-10,13,18H,3-6,8,11H2,1-2H3. The van der Waals surface area contributed by atoms with Crippen LogP contribution in [0.4, 0.5) is 11.4 Å². The van der Waals surface area contributed by atoms with Gasteiger partial charge in [-0.15, -0.1) is 0 Å². The second-order valence-corrected chi connectivity index (χ2v) is 5.59. The van der Waals surface area contributed by atoms with E-state index in [4.69, 9.17) is 5.26 Å². The van der Waals surface area contributed by atoms with Crippen LogP contribution in [0.15, 0.2) is 18.2 Å². The zero-order chi connectivity index (χ0) is 15.7. The molecule has 0 heterocycles.